The maximum absolute atomic E-state index is 5.41. The molecule has 11 aromatic rings. The van der Waals surface area contributed by atoms with E-state index in [0.717, 1.165) is 78.4 Å². The lowest BCUT2D eigenvalue weighted by Crippen LogP contribution is -2.02. The van der Waals surface area contributed by atoms with Crippen LogP contribution in [0.5, 0.6) is 0 Å². The van der Waals surface area contributed by atoms with Crippen LogP contribution in [0.2, 0.25) is 0 Å². The molecule has 0 saturated carbocycles. The van der Waals surface area contributed by atoms with Crippen LogP contribution in [0.1, 0.15) is 5.56 Å². The van der Waals surface area contributed by atoms with Crippen LogP contribution in [-0.2, 0) is 0 Å². The molecule has 0 aliphatic rings. The van der Waals surface area contributed by atoms with E-state index in [9.17, 15) is 0 Å². The standard InChI is InChI=1S/C57H39N5/c1-38-18-14-15-27-45(38)43-30-32-47-46-28-16-17-29-53(46)62(55(47)35-43)54-33-31-44(57-59-49(39-19-6-2-7-20-39)36-50(60-57)40-21-8-3-9-22-40)34-48(54)52-37-51(41-23-10-4-11-24-41)58-56(61-52)42-25-12-5-13-26-42/h2-37H,1H3. The van der Waals surface area contributed by atoms with Crippen molar-refractivity contribution in [1.29, 1.82) is 0 Å². The summed E-state index contributed by atoms with van der Waals surface area (Å²) in [6.07, 6.45) is 0. The van der Waals surface area contributed by atoms with Gasteiger partial charge in [0, 0.05) is 44.2 Å². The molecule has 11 rings (SSSR count). The van der Waals surface area contributed by atoms with Crippen molar-refractivity contribution < 1.29 is 0 Å². The lowest BCUT2D eigenvalue weighted by atomic mass is 9.99. The summed E-state index contributed by atoms with van der Waals surface area (Å²) in [5, 5.41) is 2.36. The van der Waals surface area contributed by atoms with E-state index in [0.29, 0.717) is 11.6 Å². The second kappa shape index (κ2) is 15.7. The van der Waals surface area contributed by atoms with E-state index in [4.69, 9.17) is 19.9 Å². The molecule has 0 unspecified atom stereocenters. The molecule has 292 valence electrons. The van der Waals surface area contributed by atoms with E-state index in [-0.39, 0.29) is 0 Å². The summed E-state index contributed by atoms with van der Waals surface area (Å²) >= 11 is 0. The zero-order valence-electron chi connectivity index (χ0n) is 34.0. The lowest BCUT2D eigenvalue weighted by molar-refractivity contribution is 1.14. The van der Waals surface area contributed by atoms with Gasteiger partial charge in [-0.25, -0.2) is 19.9 Å². The van der Waals surface area contributed by atoms with Crippen molar-refractivity contribution in [3.05, 3.63) is 224 Å². The van der Waals surface area contributed by atoms with Gasteiger partial charge in [0.2, 0.25) is 0 Å². The summed E-state index contributed by atoms with van der Waals surface area (Å²) in [6.45, 7) is 2.17. The third-order valence-electron chi connectivity index (χ3n) is 11.6. The first kappa shape index (κ1) is 36.8. The Hall–Kier alpha value is -8.28. The minimum Gasteiger partial charge on any atom is -0.309 e. The highest BCUT2D eigenvalue weighted by Gasteiger charge is 2.21. The van der Waals surface area contributed by atoms with Gasteiger partial charge >= 0.3 is 0 Å². The van der Waals surface area contributed by atoms with Crippen LogP contribution >= 0.6 is 0 Å². The molecule has 0 saturated heterocycles. The first-order valence-corrected chi connectivity index (χ1v) is 20.9. The molecule has 5 nitrogen and oxygen atoms in total. The fourth-order valence-corrected chi connectivity index (χ4v) is 8.52. The number of aromatic nitrogens is 5. The number of hydrogen-bond acceptors (Lipinski definition) is 4. The Kier molecular flexibility index (Phi) is 9.32. The summed E-state index contributed by atoms with van der Waals surface area (Å²) < 4.78 is 2.40. The van der Waals surface area contributed by atoms with Crippen molar-refractivity contribution in [2.45, 2.75) is 6.92 Å². The van der Waals surface area contributed by atoms with Crippen LogP contribution in [0, 0.1) is 6.92 Å². The molecule has 5 heteroatoms. The van der Waals surface area contributed by atoms with Gasteiger partial charge < -0.3 is 4.57 Å². The summed E-state index contributed by atoms with van der Waals surface area (Å²) in [5.74, 6) is 1.28. The number of nitrogens with zero attached hydrogens (tertiary/aromatic N) is 5. The fraction of sp³-hybridized carbons (Fsp3) is 0.0175. The molecule has 3 heterocycles. The summed E-state index contributed by atoms with van der Waals surface area (Å²) in [4.78, 5) is 21.1. The smallest absolute Gasteiger partial charge is 0.160 e. The van der Waals surface area contributed by atoms with Crippen molar-refractivity contribution in [2.24, 2.45) is 0 Å². The fourth-order valence-electron chi connectivity index (χ4n) is 8.52. The molecule has 0 aliphatic heterocycles. The molecule has 0 radical (unpaired) electrons. The average Bonchev–Trinajstić information content (AvgIpc) is 3.68. The Morgan fingerprint density at radius 2 is 0.774 bits per heavy atom. The largest absolute Gasteiger partial charge is 0.309 e. The molecule has 8 aromatic carbocycles. The number of aryl methyl sites for hydroxylation is 1. The zero-order chi connectivity index (χ0) is 41.4. The molecular formula is C57H39N5. The van der Waals surface area contributed by atoms with Gasteiger partial charge in [-0.3, -0.25) is 0 Å². The number of para-hydroxylation sites is 1. The quantitative estimate of drug-likeness (QED) is 0.154. The van der Waals surface area contributed by atoms with Crippen LogP contribution in [0.15, 0.2) is 218 Å². The normalized spacial score (nSPS) is 11.3. The van der Waals surface area contributed by atoms with E-state index in [1.807, 2.05) is 60.7 Å². The molecule has 3 aromatic heterocycles. The third kappa shape index (κ3) is 6.82. The van der Waals surface area contributed by atoms with Gasteiger partial charge in [-0.05, 0) is 66.1 Å². The number of benzene rings is 8. The predicted molar refractivity (Wildman–Crippen MR) is 255 cm³/mol. The Morgan fingerprint density at radius 1 is 0.306 bits per heavy atom. The Morgan fingerprint density at radius 3 is 1.39 bits per heavy atom. The van der Waals surface area contributed by atoms with E-state index >= 15 is 0 Å². The van der Waals surface area contributed by atoms with Crippen LogP contribution < -0.4 is 0 Å². The van der Waals surface area contributed by atoms with Crippen molar-refractivity contribution in [3.8, 4) is 84.6 Å². The second-order valence-corrected chi connectivity index (χ2v) is 15.5. The molecule has 0 N–H and O–H groups in total. The van der Waals surface area contributed by atoms with Crippen LogP contribution in [0.3, 0.4) is 0 Å². The Labute approximate surface area is 360 Å². The van der Waals surface area contributed by atoms with E-state index in [1.54, 1.807) is 0 Å². The first-order chi connectivity index (χ1) is 30.6. The SMILES string of the molecule is Cc1ccccc1-c1ccc2c3ccccc3n(-c3ccc(-c4nc(-c5ccccc5)cc(-c5ccccc5)n4)cc3-c3cc(-c4ccccc4)nc(-c4ccccc4)n3)c2c1. The minimum absolute atomic E-state index is 0.627. The second-order valence-electron chi connectivity index (χ2n) is 15.5. The van der Waals surface area contributed by atoms with Gasteiger partial charge in [0.15, 0.2) is 11.6 Å². The topological polar surface area (TPSA) is 56.5 Å². The minimum atomic E-state index is 0.627. The monoisotopic (exact) mass is 793 g/mol. The van der Waals surface area contributed by atoms with E-state index in [2.05, 4.69) is 169 Å². The molecule has 0 amide bonds. The van der Waals surface area contributed by atoms with Gasteiger partial charge in [-0.15, -0.1) is 0 Å². The molecule has 0 aliphatic carbocycles. The molecule has 0 spiro atoms. The molecular weight excluding hydrogens is 755 g/mol. The van der Waals surface area contributed by atoms with Crippen LogP contribution in [0.4, 0.5) is 0 Å². The molecule has 0 fully saturated rings. The van der Waals surface area contributed by atoms with Crippen molar-refractivity contribution >= 4 is 21.8 Å². The lowest BCUT2D eigenvalue weighted by Gasteiger charge is -2.17. The van der Waals surface area contributed by atoms with Crippen LogP contribution in [-0.4, -0.2) is 24.5 Å². The van der Waals surface area contributed by atoms with Gasteiger partial charge in [0.1, 0.15) is 0 Å². The van der Waals surface area contributed by atoms with Crippen molar-refractivity contribution in [3.63, 3.8) is 0 Å². The Bertz CT molecular complexity index is 3280. The molecule has 0 bridgehead atoms. The number of fused-ring (bicyclic) bond motifs is 3. The summed E-state index contributed by atoms with van der Waals surface area (Å²) in [7, 11) is 0. The van der Waals surface area contributed by atoms with Crippen molar-refractivity contribution in [2.75, 3.05) is 0 Å². The van der Waals surface area contributed by atoms with Crippen LogP contribution in [0.25, 0.3) is 106 Å². The zero-order valence-corrected chi connectivity index (χ0v) is 34.0. The predicted octanol–water partition coefficient (Wildman–Crippen LogP) is 14.3. The van der Waals surface area contributed by atoms with Gasteiger partial charge in [-0.1, -0.05) is 176 Å². The van der Waals surface area contributed by atoms with Crippen molar-refractivity contribution in [1.82, 2.24) is 24.5 Å². The highest BCUT2D eigenvalue weighted by Crippen LogP contribution is 2.41. The first-order valence-electron chi connectivity index (χ1n) is 20.9. The summed E-state index contributed by atoms with van der Waals surface area (Å²) in [5.41, 5.74) is 15.9. The maximum atomic E-state index is 5.41. The van der Waals surface area contributed by atoms with Gasteiger partial charge in [0.05, 0.1) is 39.5 Å². The van der Waals surface area contributed by atoms with Gasteiger partial charge in [0.25, 0.3) is 0 Å². The van der Waals surface area contributed by atoms with E-state index in [1.165, 1.54) is 21.9 Å². The number of rotatable bonds is 8. The average molecular weight is 794 g/mol. The Balaban J connectivity index is 1.21. The maximum Gasteiger partial charge on any atom is 0.160 e. The highest BCUT2D eigenvalue weighted by molar-refractivity contribution is 6.11. The number of hydrogen-bond donors (Lipinski definition) is 0. The molecule has 62 heavy (non-hydrogen) atoms. The summed E-state index contributed by atoms with van der Waals surface area (Å²) in [6, 6.07) is 76.1. The molecule has 0 atom stereocenters. The third-order valence-corrected chi connectivity index (χ3v) is 11.6. The highest BCUT2D eigenvalue weighted by atomic mass is 15.0. The van der Waals surface area contributed by atoms with E-state index < -0.39 is 0 Å². The van der Waals surface area contributed by atoms with Gasteiger partial charge in [-0.2, -0.15) is 0 Å².